The van der Waals surface area contributed by atoms with E-state index in [1.54, 1.807) is 0 Å². The van der Waals surface area contributed by atoms with Gasteiger partial charge in [-0.15, -0.1) is 12.6 Å². The molecule has 0 radical (unpaired) electrons. The molecule has 0 fully saturated rings. The number of carbonyl (C=O) groups is 1. The molecule has 1 aromatic carbocycles. The van der Waals surface area contributed by atoms with Gasteiger partial charge in [-0.25, -0.2) is 4.39 Å². The summed E-state index contributed by atoms with van der Waals surface area (Å²) in [6, 6.07) is 4.07. The summed E-state index contributed by atoms with van der Waals surface area (Å²) < 4.78 is 13.1. The molecule has 0 saturated carbocycles. The van der Waals surface area contributed by atoms with Crippen molar-refractivity contribution in [3.8, 4) is 0 Å². The van der Waals surface area contributed by atoms with Gasteiger partial charge < -0.3 is 11.1 Å². The van der Waals surface area contributed by atoms with Crippen LogP contribution in [0.15, 0.2) is 23.1 Å². The second kappa shape index (κ2) is 4.97. The minimum absolute atomic E-state index is 0.00838. The molecule has 0 unspecified atom stereocenters. The molecule has 3 N–H and O–H groups in total. The van der Waals surface area contributed by atoms with Gasteiger partial charge in [0.15, 0.2) is 0 Å². The zero-order valence-corrected chi connectivity index (χ0v) is 8.35. The number of rotatable bonds is 3. The van der Waals surface area contributed by atoms with Crippen LogP contribution in [-0.2, 0) is 0 Å². The maximum atomic E-state index is 13.1. The smallest absolute Gasteiger partial charge is 0.254 e. The monoisotopic (exact) mass is 214 g/mol. The van der Waals surface area contributed by atoms with Crippen LogP contribution in [0.3, 0.4) is 0 Å². The van der Waals surface area contributed by atoms with Gasteiger partial charge >= 0.3 is 0 Å². The van der Waals surface area contributed by atoms with Crippen LogP contribution in [0.1, 0.15) is 10.4 Å². The first-order valence-corrected chi connectivity index (χ1v) is 4.56. The molecule has 0 heterocycles. The first-order valence-electron chi connectivity index (χ1n) is 4.12. The van der Waals surface area contributed by atoms with Crippen LogP contribution in [0.5, 0.6) is 0 Å². The van der Waals surface area contributed by atoms with E-state index >= 15 is 0 Å². The van der Waals surface area contributed by atoms with E-state index in [4.69, 9.17) is 5.73 Å². The van der Waals surface area contributed by atoms with Gasteiger partial charge in [0.1, 0.15) is 5.82 Å². The van der Waals surface area contributed by atoms with Crippen molar-refractivity contribution in [3.05, 3.63) is 29.6 Å². The highest BCUT2D eigenvalue weighted by Crippen LogP contribution is 2.13. The second-order valence-electron chi connectivity index (χ2n) is 2.71. The zero-order valence-electron chi connectivity index (χ0n) is 7.46. The summed E-state index contributed by atoms with van der Waals surface area (Å²) in [5.41, 5.74) is 5.19. The second-order valence-corrected chi connectivity index (χ2v) is 3.23. The quantitative estimate of drug-likeness (QED) is 0.652. The third-order valence-corrected chi connectivity index (χ3v) is 1.90. The molecule has 0 spiro atoms. The standard InChI is InChI=1S/C9H11FN2OS/c10-8-2-1-6(14)5-7(8)9(13)12-4-3-11/h1-2,5,14H,3-4,11H2,(H,12,13). The summed E-state index contributed by atoms with van der Waals surface area (Å²) in [5.74, 6) is -1.03. The lowest BCUT2D eigenvalue weighted by Crippen LogP contribution is -2.29. The fourth-order valence-electron chi connectivity index (χ4n) is 0.968. The third-order valence-electron chi connectivity index (χ3n) is 1.62. The molecule has 0 aliphatic rings. The molecule has 0 saturated heterocycles. The van der Waals surface area contributed by atoms with Crippen LogP contribution in [0, 0.1) is 5.82 Å². The van der Waals surface area contributed by atoms with E-state index in [-0.39, 0.29) is 5.56 Å². The maximum Gasteiger partial charge on any atom is 0.254 e. The summed E-state index contributed by atoms with van der Waals surface area (Å²) in [4.78, 5) is 11.9. The molecule has 0 aliphatic carbocycles. The number of nitrogens with two attached hydrogens (primary N) is 1. The normalized spacial score (nSPS) is 9.93. The number of hydrogen-bond donors (Lipinski definition) is 3. The molecule has 5 heteroatoms. The Morgan fingerprint density at radius 1 is 1.57 bits per heavy atom. The van der Waals surface area contributed by atoms with E-state index in [0.717, 1.165) is 0 Å². The number of halogens is 1. The number of thiol groups is 1. The van der Waals surface area contributed by atoms with Crippen molar-refractivity contribution in [2.75, 3.05) is 13.1 Å². The Hall–Kier alpha value is -1.07. The average Bonchev–Trinajstić information content (AvgIpc) is 2.18. The molecule has 0 aromatic heterocycles. The van der Waals surface area contributed by atoms with E-state index < -0.39 is 11.7 Å². The van der Waals surface area contributed by atoms with Gasteiger partial charge in [-0.3, -0.25) is 4.79 Å². The van der Waals surface area contributed by atoms with E-state index in [1.807, 2.05) is 0 Å². The van der Waals surface area contributed by atoms with Gasteiger partial charge in [0.05, 0.1) is 5.56 Å². The van der Waals surface area contributed by atoms with E-state index in [9.17, 15) is 9.18 Å². The van der Waals surface area contributed by atoms with Crippen LogP contribution in [-0.4, -0.2) is 19.0 Å². The van der Waals surface area contributed by atoms with Gasteiger partial charge in [0.2, 0.25) is 0 Å². The Labute approximate surface area is 86.9 Å². The minimum Gasteiger partial charge on any atom is -0.351 e. The van der Waals surface area contributed by atoms with Crippen molar-refractivity contribution in [1.29, 1.82) is 0 Å². The van der Waals surface area contributed by atoms with Crippen LogP contribution in [0.2, 0.25) is 0 Å². The van der Waals surface area contributed by atoms with Crippen molar-refractivity contribution in [1.82, 2.24) is 5.32 Å². The van der Waals surface area contributed by atoms with Crippen molar-refractivity contribution in [3.63, 3.8) is 0 Å². The predicted molar refractivity (Wildman–Crippen MR) is 55.0 cm³/mol. The summed E-state index contributed by atoms with van der Waals surface area (Å²) in [5, 5.41) is 2.48. The van der Waals surface area contributed by atoms with Crippen molar-refractivity contribution in [2.45, 2.75) is 4.90 Å². The largest absolute Gasteiger partial charge is 0.351 e. The first kappa shape index (κ1) is 11.0. The number of benzene rings is 1. The Morgan fingerprint density at radius 3 is 2.93 bits per heavy atom. The predicted octanol–water partition coefficient (Wildman–Crippen LogP) is 0.803. The lowest BCUT2D eigenvalue weighted by molar-refractivity contribution is 0.0950. The van der Waals surface area contributed by atoms with Crippen molar-refractivity contribution in [2.24, 2.45) is 5.73 Å². The number of amides is 1. The number of nitrogens with one attached hydrogen (secondary N) is 1. The van der Waals surface area contributed by atoms with Crippen LogP contribution < -0.4 is 11.1 Å². The molecule has 1 amide bonds. The van der Waals surface area contributed by atoms with Gasteiger partial charge in [-0.1, -0.05) is 0 Å². The molecule has 1 rings (SSSR count). The van der Waals surface area contributed by atoms with Gasteiger partial charge in [0, 0.05) is 18.0 Å². The number of carbonyl (C=O) groups excluding carboxylic acids is 1. The van der Waals surface area contributed by atoms with E-state index in [2.05, 4.69) is 17.9 Å². The Balaban J connectivity index is 2.83. The Kier molecular flexibility index (Phi) is 3.91. The molecule has 0 bridgehead atoms. The number of hydrogen-bond acceptors (Lipinski definition) is 3. The molecular formula is C9H11FN2OS. The van der Waals surface area contributed by atoms with Crippen LogP contribution in [0.4, 0.5) is 4.39 Å². The van der Waals surface area contributed by atoms with E-state index in [1.165, 1.54) is 18.2 Å². The van der Waals surface area contributed by atoms with Crippen molar-refractivity contribution < 1.29 is 9.18 Å². The molecule has 3 nitrogen and oxygen atoms in total. The van der Waals surface area contributed by atoms with Gasteiger partial charge in [-0.2, -0.15) is 0 Å². The first-order chi connectivity index (χ1) is 6.65. The SMILES string of the molecule is NCCNC(=O)c1cc(S)ccc1F. The third kappa shape index (κ3) is 2.71. The van der Waals surface area contributed by atoms with Gasteiger partial charge in [0.25, 0.3) is 5.91 Å². The minimum atomic E-state index is -0.558. The maximum absolute atomic E-state index is 13.1. The van der Waals surface area contributed by atoms with E-state index in [0.29, 0.717) is 18.0 Å². The zero-order chi connectivity index (χ0) is 10.6. The van der Waals surface area contributed by atoms with Crippen LogP contribution >= 0.6 is 12.6 Å². The molecule has 0 aliphatic heterocycles. The highest BCUT2D eigenvalue weighted by molar-refractivity contribution is 7.80. The molecule has 76 valence electrons. The summed E-state index contributed by atoms with van der Waals surface area (Å²) in [6.07, 6.45) is 0. The van der Waals surface area contributed by atoms with Gasteiger partial charge in [-0.05, 0) is 18.2 Å². The highest BCUT2D eigenvalue weighted by atomic mass is 32.1. The van der Waals surface area contributed by atoms with Crippen LogP contribution in [0.25, 0.3) is 0 Å². The van der Waals surface area contributed by atoms with Crippen molar-refractivity contribution >= 4 is 18.5 Å². The lowest BCUT2D eigenvalue weighted by Gasteiger charge is -2.04. The summed E-state index contributed by atoms with van der Waals surface area (Å²) in [7, 11) is 0. The molecule has 14 heavy (non-hydrogen) atoms. The lowest BCUT2D eigenvalue weighted by atomic mass is 10.2. The fraction of sp³-hybridized carbons (Fsp3) is 0.222. The highest BCUT2D eigenvalue weighted by Gasteiger charge is 2.10. The average molecular weight is 214 g/mol. The topological polar surface area (TPSA) is 55.1 Å². The fourth-order valence-corrected chi connectivity index (χ4v) is 1.17. The molecular weight excluding hydrogens is 203 g/mol. The molecule has 1 aromatic rings. The Morgan fingerprint density at radius 2 is 2.29 bits per heavy atom. The molecule has 0 atom stereocenters. The summed E-state index contributed by atoms with van der Waals surface area (Å²) >= 11 is 4.02. The Bertz CT molecular complexity index is 344. The summed E-state index contributed by atoms with van der Waals surface area (Å²) in [6.45, 7) is 0.656.